The Labute approximate surface area is 119 Å². The van der Waals surface area contributed by atoms with Crippen LogP contribution in [0.1, 0.15) is 26.3 Å². The van der Waals surface area contributed by atoms with Crippen molar-refractivity contribution in [3.05, 3.63) is 28.8 Å². The van der Waals surface area contributed by atoms with Crippen LogP contribution in [-0.2, 0) is 16.1 Å². The Morgan fingerprint density at radius 2 is 2.05 bits per heavy atom. The standard InChI is InChI=1S/C14H20ClNO3/c1-14(2,3)16-8-10-11(15)6-5-7-12(10)19-9-13(17)18-4/h5-7,16H,8-9H2,1-4H3. The van der Waals surface area contributed by atoms with Crippen molar-refractivity contribution in [3.63, 3.8) is 0 Å². The van der Waals surface area contributed by atoms with Gasteiger partial charge in [-0.15, -0.1) is 0 Å². The van der Waals surface area contributed by atoms with Gasteiger partial charge < -0.3 is 14.8 Å². The number of carbonyl (C=O) groups is 1. The molecule has 0 spiro atoms. The minimum absolute atomic E-state index is 0.0290. The maximum absolute atomic E-state index is 11.1. The van der Waals surface area contributed by atoms with Crippen molar-refractivity contribution in [3.8, 4) is 5.75 Å². The van der Waals surface area contributed by atoms with Gasteiger partial charge in [-0.25, -0.2) is 4.79 Å². The van der Waals surface area contributed by atoms with Crippen molar-refractivity contribution in [1.29, 1.82) is 0 Å². The van der Waals surface area contributed by atoms with Crippen LogP contribution in [0.4, 0.5) is 0 Å². The number of rotatable bonds is 5. The van der Waals surface area contributed by atoms with Gasteiger partial charge in [-0.2, -0.15) is 0 Å². The number of carbonyl (C=O) groups excluding carboxylic acids is 1. The number of hydrogen-bond acceptors (Lipinski definition) is 4. The van der Waals surface area contributed by atoms with Gasteiger partial charge in [0.15, 0.2) is 6.61 Å². The van der Waals surface area contributed by atoms with Crippen molar-refractivity contribution in [2.24, 2.45) is 0 Å². The summed E-state index contributed by atoms with van der Waals surface area (Å²) < 4.78 is 9.98. The van der Waals surface area contributed by atoms with Crippen LogP contribution in [0.5, 0.6) is 5.75 Å². The van der Waals surface area contributed by atoms with Crippen LogP contribution in [0.2, 0.25) is 5.02 Å². The third-order valence-electron chi connectivity index (χ3n) is 2.44. The summed E-state index contributed by atoms with van der Waals surface area (Å²) in [4.78, 5) is 11.1. The summed E-state index contributed by atoms with van der Waals surface area (Å²) in [6.45, 7) is 6.65. The maximum Gasteiger partial charge on any atom is 0.343 e. The van der Waals surface area contributed by atoms with E-state index in [1.807, 2.05) is 0 Å². The maximum atomic E-state index is 11.1. The number of benzene rings is 1. The molecule has 0 saturated heterocycles. The summed E-state index contributed by atoms with van der Waals surface area (Å²) in [5.74, 6) is 0.171. The molecule has 0 amide bonds. The molecular weight excluding hydrogens is 266 g/mol. The molecule has 0 fully saturated rings. The van der Waals surface area contributed by atoms with E-state index in [1.54, 1.807) is 18.2 Å². The van der Waals surface area contributed by atoms with Crippen LogP contribution in [0.15, 0.2) is 18.2 Å². The van der Waals surface area contributed by atoms with Gasteiger partial charge in [-0.3, -0.25) is 0 Å². The van der Waals surface area contributed by atoms with Crippen LogP contribution in [0, 0.1) is 0 Å². The number of ether oxygens (including phenoxy) is 2. The molecule has 1 rings (SSSR count). The van der Waals surface area contributed by atoms with Crippen LogP contribution in [-0.4, -0.2) is 25.2 Å². The lowest BCUT2D eigenvalue weighted by Crippen LogP contribution is -2.35. The summed E-state index contributed by atoms with van der Waals surface area (Å²) in [6, 6.07) is 5.37. The predicted molar refractivity (Wildman–Crippen MR) is 75.6 cm³/mol. The van der Waals surface area contributed by atoms with Crippen LogP contribution in [0.25, 0.3) is 0 Å². The largest absolute Gasteiger partial charge is 0.482 e. The summed E-state index contributed by atoms with van der Waals surface area (Å²) in [5, 5.41) is 3.95. The first-order valence-corrected chi connectivity index (χ1v) is 6.43. The molecule has 1 aromatic carbocycles. The molecule has 0 aromatic heterocycles. The fourth-order valence-corrected chi connectivity index (χ4v) is 1.63. The predicted octanol–water partition coefficient (Wildman–Crippen LogP) is 2.78. The lowest BCUT2D eigenvalue weighted by atomic mass is 10.1. The average Bonchev–Trinajstić information content (AvgIpc) is 2.33. The highest BCUT2D eigenvalue weighted by Gasteiger charge is 2.14. The van der Waals surface area contributed by atoms with Gasteiger partial charge >= 0.3 is 5.97 Å². The van der Waals surface area contributed by atoms with E-state index in [2.05, 4.69) is 30.8 Å². The topological polar surface area (TPSA) is 47.6 Å². The second-order valence-corrected chi connectivity index (χ2v) is 5.59. The number of hydrogen-bond donors (Lipinski definition) is 1. The third-order valence-corrected chi connectivity index (χ3v) is 2.80. The van der Waals surface area contributed by atoms with Gasteiger partial charge in [-0.1, -0.05) is 17.7 Å². The molecule has 5 heteroatoms. The zero-order valence-electron chi connectivity index (χ0n) is 11.7. The summed E-state index contributed by atoms with van der Waals surface area (Å²) in [6.07, 6.45) is 0. The molecule has 0 radical (unpaired) electrons. The van der Waals surface area contributed by atoms with E-state index in [0.717, 1.165) is 5.56 Å². The Balaban J connectivity index is 2.80. The van der Waals surface area contributed by atoms with Gasteiger partial charge in [0, 0.05) is 22.7 Å². The van der Waals surface area contributed by atoms with Crippen molar-refractivity contribution in [2.75, 3.05) is 13.7 Å². The number of methoxy groups -OCH3 is 1. The van der Waals surface area contributed by atoms with E-state index >= 15 is 0 Å². The molecule has 19 heavy (non-hydrogen) atoms. The second kappa shape index (κ2) is 6.78. The van der Waals surface area contributed by atoms with Gasteiger partial charge in [0.05, 0.1) is 7.11 Å². The minimum Gasteiger partial charge on any atom is -0.482 e. The van der Waals surface area contributed by atoms with Crippen molar-refractivity contribution in [1.82, 2.24) is 5.32 Å². The Kier molecular flexibility index (Phi) is 5.63. The molecule has 0 atom stereocenters. The number of halogens is 1. The fourth-order valence-electron chi connectivity index (χ4n) is 1.39. The molecule has 106 valence electrons. The zero-order valence-corrected chi connectivity index (χ0v) is 12.5. The second-order valence-electron chi connectivity index (χ2n) is 5.18. The molecule has 0 aliphatic carbocycles. The van der Waals surface area contributed by atoms with Crippen molar-refractivity contribution >= 4 is 17.6 Å². The summed E-state index contributed by atoms with van der Waals surface area (Å²) >= 11 is 6.17. The Bertz CT molecular complexity index is 441. The molecule has 0 bridgehead atoms. The molecule has 0 unspecified atom stereocenters. The van der Waals surface area contributed by atoms with E-state index in [9.17, 15) is 4.79 Å². The highest BCUT2D eigenvalue weighted by molar-refractivity contribution is 6.31. The van der Waals surface area contributed by atoms with E-state index in [0.29, 0.717) is 17.3 Å². The molecule has 0 saturated carbocycles. The Morgan fingerprint density at radius 1 is 1.37 bits per heavy atom. The van der Waals surface area contributed by atoms with E-state index in [4.69, 9.17) is 16.3 Å². The molecule has 4 nitrogen and oxygen atoms in total. The molecule has 0 heterocycles. The van der Waals surface area contributed by atoms with Crippen LogP contribution >= 0.6 is 11.6 Å². The zero-order chi connectivity index (χ0) is 14.5. The molecule has 1 N–H and O–H groups in total. The Morgan fingerprint density at radius 3 is 2.63 bits per heavy atom. The van der Waals surface area contributed by atoms with Crippen LogP contribution < -0.4 is 10.1 Å². The molecule has 0 aliphatic rings. The van der Waals surface area contributed by atoms with Gasteiger partial charge in [0.2, 0.25) is 0 Å². The normalized spacial score (nSPS) is 11.2. The van der Waals surface area contributed by atoms with Gasteiger partial charge in [-0.05, 0) is 32.9 Å². The highest BCUT2D eigenvalue weighted by Crippen LogP contribution is 2.26. The first kappa shape index (κ1) is 15.8. The minimum atomic E-state index is -0.422. The number of nitrogens with one attached hydrogen (secondary N) is 1. The first-order chi connectivity index (χ1) is 8.83. The number of esters is 1. The first-order valence-electron chi connectivity index (χ1n) is 6.05. The summed E-state index contributed by atoms with van der Waals surface area (Å²) in [5.41, 5.74) is 0.807. The fraction of sp³-hybridized carbons (Fsp3) is 0.500. The average molecular weight is 286 g/mol. The van der Waals surface area contributed by atoms with E-state index in [-0.39, 0.29) is 12.1 Å². The van der Waals surface area contributed by atoms with E-state index in [1.165, 1.54) is 7.11 Å². The molecule has 1 aromatic rings. The van der Waals surface area contributed by atoms with Crippen molar-refractivity contribution < 1.29 is 14.3 Å². The quantitative estimate of drug-likeness (QED) is 0.845. The lowest BCUT2D eigenvalue weighted by Gasteiger charge is -2.22. The summed E-state index contributed by atoms with van der Waals surface area (Å²) in [7, 11) is 1.33. The SMILES string of the molecule is COC(=O)COc1cccc(Cl)c1CNC(C)(C)C. The van der Waals surface area contributed by atoms with E-state index < -0.39 is 5.97 Å². The Hall–Kier alpha value is -1.26. The van der Waals surface area contributed by atoms with Gasteiger partial charge in [0.25, 0.3) is 0 Å². The third kappa shape index (κ3) is 5.49. The molecule has 0 aliphatic heterocycles. The van der Waals surface area contributed by atoms with Crippen LogP contribution in [0.3, 0.4) is 0 Å². The lowest BCUT2D eigenvalue weighted by molar-refractivity contribution is -0.142. The highest BCUT2D eigenvalue weighted by atomic mass is 35.5. The monoisotopic (exact) mass is 285 g/mol. The van der Waals surface area contributed by atoms with Gasteiger partial charge in [0.1, 0.15) is 5.75 Å². The molecular formula is C14H20ClNO3. The van der Waals surface area contributed by atoms with Crippen molar-refractivity contribution in [2.45, 2.75) is 32.9 Å². The smallest absolute Gasteiger partial charge is 0.343 e.